The Kier molecular flexibility index (Phi) is 2.58. The van der Waals surface area contributed by atoms with Crippen LogP contribution in [0.5, 0.6) is 0 Å². The third kappa shape index (κ3) is 1.45. The largest absolute Gasteiger partial charge is 0.346 e. The number of thioether (sulfide) groups is 1. The highest BCUT2D eigenvalue weighted by Gasteiger charge is 2.58. The Labute approximate surface area is 143 Å². The van der Waals surface area contributed by atoms with Crippen molar-refractivity contribution >= 4 is 39.8 Å². The number of carbonyl (C=O) groups excluding carboxylic acids is 2. The van der Waals surface area contributed by atoms with Crippen molar-refractivity contribution in [1.82, 2.24) is 0 Å². The van der Waals surface area contributed by atoms with E-state index in [0.29, 0.717) is 11.1 Å². The maximum atomic E-state index is 13.2. The number of ketones is 2. The molecule has 4 heteroatoms. The van der Waals surface area contributed by atoms with Crippen molar-refractivity contribution in [2.45, 2.75) is 9.77 Å². The zero-order chi connectivity index (χ0) is 16.5. The van der Waals surface area contributed by atoms with Crippen LogP contribution in [0.2, 0.25) is 0 Å². The first-order valence-corrected chi connectivity index (χ1v) is 8.59. The number of anilines is 1. The highest BCUT2D eigenvalue weighted by atomic mass is 32.2. The van der Waals surface area contributed by atoms with Crippen molar-refractivity contribution in [2.24, 2.45) is 0 Å². The summed E-state index contributed by atoms with van der Waals surface area (Å²) in [4.78, 5) is 28.1. The Morgan fingerprint density at radius 1 is 0.833 bits per heavy atom. The van der Waals surface area contributed by atoms with Crippen LogP contribution >= 0.6 is 11.8 Å². The second-order valence-electron chi connectivity index (χ2n) is 6.14. The second kappa shape index (κ2) is 4.48. The van der Waals surface area contributed by atoms with Crippen molar-refractivity contribution in [3.63, 3.8) is 0 Å². The third-order valence-corrected chi connectivity index (χ3v) is 6.47. The maximum absolute atomic E-state index is 13.2. The Hall–Kier alpha value is -2.59. The van der Waals surface area contributed by atoms with Gasteiger partial charge in [-0.05, 0) is 17.5 Å². The van der Waals surface area contributed by atoms with Crippen molar-refractivity contribution in [1.29, 1.82) is 0 Å². The molecule has 5 rings (SSSR count). The van der Waals surface area contributed by atoms with Gasteiger partial charge < -0.3 is 4.90 Å². The van der Waals surface area contributed by atoms with Crippen LogP contribution in [0.15, 0.2) is 65.6 Å². The molecule has 0 N–H and O–H groups in total. The summed E-state index contributed by atoms with van der Waals surface area (Å²) < 4.78 is 0. The number of fused-ring (bicyclic) bond motifs is 1. The molecular weight excluding hydrogens is 318 g/mol. The van der Waals surface area contributed by atoms with Crippen LogP contribution in [0.4, 0.5) is 5.69 Å². The number of benzene rings is 3. The highest BCUT2D eigenvalue weighted by molar-refractivity contribution is 8.02. The fraction of sp³-hybridized carbons (Fsp3) is 0.100. The number of likely N-dealkylation sites (N-methyl/N-ethyl adjacent to an activating group) is 1. The van der Waals surface area contributed by atoms with Gasteiger partial charge in [-0.1, -0.05) is 60.3 Å². The van der Waals surface area contributed by atoms with E-state index in [4.69, 9.17) is 0 Å². The molecule has 0 unspecified atom stereocenters. The molecule has 3 aromatic rings. The first-order chi connectivity index (χ1) is 11.6. The van der Waals surface area contributed by atoms with Gasteiger partial charge in [0.05, 0.1) is 0 Å². The summed E-state index contributed by atoms with van der Waals surface area (Å²) in [6.07, 6.45) is 0. The summed E-state index contributed by atoms with van der Waals surface area (Å²) in [6.45, 7) is 0. The van der Waals surface area contributed by atoms with E-state index < -0.39 is 4.87 Å². The first-order valence-electron chi connectivity index (χ1n) is 7.78. The van der Waals surface area contributed by atoms with Crippen molar-refractivity contribution in [3.05, 3.63) is 71.8 Å². The zero-order valence-corrected chi connectivity index (χ0v) is 13.8. The molecule has 0 aromatic heterocycles. The molecule has 1 spiro atoms. The number of rotatable bonds is 0. The lowest BCUT2D eigenvalue weighted by molar-refractivity contribution is 0.0868. The van der Waals surface area contributed by atoms with Gasteiger partial charge in [-0.3, -0.25) is 9.59 Å². The topological polar surface area (TPSA) is 37.4 Å². The van der Waals surface area contributed by atoms with E-state index in [9.17, 15) is 9.59 Å². The summed E-state index contributed by atoms with van der Waals surface area (Å²) in [6, 6.07) is 19.2. The molecule has 0 radical (unpaired) electrons. The lowest BCUT2D eigenvalue weighted by Crippen LogP contribution is -2.54. The van der Waals surface area contributed by atoms with Gasteiger partial charge in [0.25, 0.3) is 0 Å². The lowest BCUT2D eigenvalue weighted by atomic mass is 10.0. The second-order valence-corrected chi connectivity index (χ2v) is 7.38. The van der Waals surface area contributed by atoms with E-state index >= 15 is 0 Å². The van der Waals surface area contributed by atoms with Crippen LogP contribution in [-0.2, 0) is 0 Å². The summed E-state index contributed by atoms with van der Waals surface area (Å²) in [5.74, 6) is -0.246. The minimum absolute atomic E-state index is 0.123. The average molecular weight is 331 g/mol. The minimum atomic E-state index is -1.23. The molecule has 1 aliphatic heterocycles. The van der Waals surface area contributed by atoms with E-state index in [1.807, 2.05) is 48.3 Å². The van der Waals surface area contributed by atoms with Gasteiger partial charge in [0.1, 0.15) is 0 Å². The molecule has 0 saturated heterocycles. The first kappa shape index (κ1) is 13.8. The van der Waals surface area contributed by atoms with E-state index in [1.165, 1.54) is 11.8 Å². The monoisotopic (exact) mass is 331 g/mol. The highest BCUT2D eigenvalue weighted by Crippen LogP contribution is 2.53. The Balaban J connectivity index is 1.81. The van der Waals surface area contributed by atoms with Crippen LogP contribution in [0.1, 0.15) is 20.7 Å². The lowest BCUT2D eigenvalue weighted by Gasteiger charge is -2.41. The predicted octanol–water partition coefficient (Wildman–Crippen LogP) is 4.16. The fourth-order valence-electron chi connectivity index (χ4n) is 3.79. The summed E-state index contributed by atoms with van der Waals surface area (Å²) in [5.41, 5.74) is 1.97. The van der Waals surface area contributed by atoms with Gasteiger partial charge in [-0.25, -0.2) is 0 Å². The van der Waals surface area contributed by atoms with Gasteiger partial charge in [0.2, 0.25) is 16.4 Å². The number of carbonyl (C=O) groups is 2. The number of hydrogen-bond donors (Lipinski definition) is 0. The van der Waals surface area contributed by atoms with Crippen molar-refractivity contribution in [3.8, 4) is 0 Å². The Morgan fingerprint density at radius 3 is 2.12 bits per heavy atom. The van der Waals surface area contributed by atoms with E-state index in [0.717, 1.165) is 21.4 Å². The molecule has 0 saturated carbocycles. The van der Waals surface area contributed by atoms with Crippen molar-refractivity contribution < 1.29 is 9.59 Å². The summed E-state index contributed by atoms with van der Waals surface area (Å²) >= 11 is 1.37. The molecule has 24 heavy (non-hydrogen) atoms. The quantitative estimate of drug-likeness (QED) is 0.580. The molecule has 1 heterocycles. The van der Waals surface area contributed by atoms with Crippen LogP contribution in [-0.4, -0.2) is 23.5 Å². The van der Waals surface area contributed by atoms with Crippen LogP contribution in [0.3, 0.4) is 0 Å². The molecule has 0 amide bonds. The number of Topliss-reactive ketones (excluding diaryl/α,β-unsaturated/α-hetero) is 2. The SMILES string of the molecule is CN1c2cccc3cccc(c23)SC12C(=O)c1ccccc1C2=O. The molecule has 3 aromatic carbocycles. The van der Waals surface area contributed by atoms with Crippen LogP contribution < -0.4 is 4.90 Å². The third-order valence-electron chi connectivity index (χ3n) is 4.97. The minimum Gasteiger partial charge on any atom is -0.346 e. The number of hydrogen-bond acceptors (Lipinski definition) is 4. The van der Waals surface area contributed by atoms with Crippen molar-refractivity contribution in [2.75, 3.05) is 11.9 Å². The predicted molar refractivity (Wildman–Crippen MR) is 96.0 cm³/mol. The van der Waals surface area contributed by atoms with E-state index in [1.54, 1.807) is 12.1 Å². The van der Waals surface area contributed by atoms with Gasteiger partial charge in [-0.2, -0.15) is 0 Å². The molecule has 0 fully saturated rings. The van der Waals surface area contributed by atoms with E-state index in [-0.39, 0.29) is 11.6 Å². The molecule has 116 valence electrons. The Bertz CT molecular complexity index is 1020. The van der Waals surface area contributed by atoms with Gasteiger partial charge in [0.15, 0.2) is 0 Å². The van der Waals surface area contributed by atoms with Gasteiger partial charge in [0, 0.05) is 34.1 Å². The summed E-state index contributed by atoms with van der Waals surface area (Å²) in [7, 11) is 1.85. The van der Waals surface area contributed by atoms with Crippen LogP contribution in [0.25, 0.3) is 10.8 Å². The number of nitrogens with zero attached hydrogens (tertiary/aromatic N) is 1. The smallest absolute Gasteiger partial charge is 0.218 e. The molecule has 3 nitrogen and oxygen atoms in total. The molecule has 2 aliphatic rings. The van der Waals surface area contributed by atoms with Crippen LogP contribution in [0, 0.1) is 0 Å². The molecule has 0 atom stereocenters. The summed E-state index contributed by atoms with van der Waals surface area (Å²) in [5, 5.41) is 2.23. The fourth-order valence-corrected chi connectivity index (χ4v) is 5.22. The molecule has 0 bridgehead atoms. The van der Waals surface area contributed by atoms with E-state index in [2.05, 4.69) is 12.1 Å². The van der Waals surface area contributed by atoms with Gasteiger partial charge >= 0.3 is 0 Å². The van der Waals surface area contributed by atoms with Gasteiger partial charge in [-0.15, -0.1) is 0 Å². The average Bonchev–Trinajstić information content (AvgIpc) is 2.83. The Morgan fingerprint density at radius 2 is 1.46 bits per heavy atom. The maximum Gasteiger partial charge on any atom is 0.218 e. The normalized spacial score (nSPS) is 17.6. The molecular formula is C20H13NO2S. The molecule has 1 aliphatic carbocycles. The zero-order valence-electron chi connectivity index (χ0n) is 12.9. The standard InChI is InChI=1S/C20H13NO2S/c1-21-15-10-4-6-12-7-5-11-16(17(12)15)24-20(21)18(22)13-8-2-3-9-14(13)19(20)23/h2-11H,1H3.